The Morgan fingerprint density at radius 2 is 1.93 bits per heavy atom. The molecule has 3 rings (SSSR count). The summed E-state index contributed by atoms with van der Waals surface area (Å²) in [5, 5.41) is 1.35. The van der Waals surface area contributed by atoms with Crippen LogP contribution in [0.15, 0.2) is 39.9 Å². The molecule has 0 saturated heterocycles. The standard InChI is InChI=1S/C21H26ClN3O2S2/c1-20(2,3)29(26)25-16(14-6-8-15(22)9-7-14)13-21(10-11-21)17-12-18(27-4)24-19(23-17)28-5/h6-9,12H,10-11,13H2,1-5H3. The van der Waals surface area contributed by atoms with Gasteiger partial charge in [-0.25, -0.2) is 4.98 Å². The van der Waals surface area contributed by atoms with Gasteiger partial charge in [-0.1, -0.05) is 39.9 Å². The Kier molecular flexibility index (Phi) is 6.83. The fourth-order valence-corrected chi connectivity index (χ4v) is 4.07. The second kappa shape index (κ2) is 8.84. The summed E-state index contributed by atoms with van der Waals surface area (Å²) in [7, 11) is 1.61. The minimum Gasteiger partial charge on any atom is -0.591 e. The van der Waals surface area contributed by atoms with Gasteiger partial charge in [0.1, 0.15) is 16.1 Å². The molecule has 1 aromatic heterocycles. The molecule has 1 aliphatic rings. The van der Waals surface area contributed by atoms with E-state index in [1.807, 2.05) is 57.4 Å². The maximum atomic E-state index is 12.8. The molecule has 1 fully saturated rings. The van der Waals surface area contributed by atoms with Gasteiger partial charge in [-0.2, -0.15) is 4.98 Å². The average Bonchev–Trinajstić information content (AvgIpc) is 3.47. The zero-order chi connectivity index (χ0) is 21.2. The van der Waals surface area contributed by atoms with E-state index >= 15 is 0 Å². The first kappa shape index (κ1) is 22.4. The number of rotatable bonds is 7. The second-order valence-corrected chi connectivity index (χ2v) is 11.3. The van der Waals surface area contributed by atoms with E-state index in [-0.39, 0.29) is 5.41 Å². The molecule has 1 aliphatic carbocycles. The molecule has 0 aliphatic heterocycles. The molecule has 5 nitrogen and oxygen atoms in total. The van der Waals surface area contributed by atoms with Crippen molar-refractivity contribution in [2.24, 2.45) is 4.40 Å². The molecule has 1 unspecified atom stereocenters. The molecular weight excluding hydrogens is 426 g/mol. The SMILES string of the molecule is COc1cc(C2(CC(=N[S+]([O-])C(C)(C)C)c3ccc(Cl)cc3)CC2)nc(SC)n1. The van der Waals surface area contributed by atoms with E-state index in [0.29, 0.717) is 22.5 Å². The van der Waals surface area contributed by atoms with Crippen LogP contribution in [0.25, 0.3) is 0 Å². The highest BCUT2D eigenvalue weighted by molar-refractivity contribution is 7.98. The smallest absolute Gasteiger partial charge is 0.217 e. The maximum Gasteiger partial charge on any atom is 0.217 e. The molecule has 0 amide bonds. The quantitative estimate of drug-likeness (QED) is 0.249. The molecule has 29 heavy (non-hydrogen) atoms. The zero-order valence-corrected chi connectivity index (χ0v) is 19.7. The van der Waals surface area contributed by atoms with Gasteiger partial charge in [0.05, 0.1) is 18.5 Å². The number of halogens is 1. The topological polar surface area (TPSA) is 70.4 Å². The predicted molar refractivity (Wildman–Crippen MR) is 122 cm³/mol. The van der Waals surface area contributed by atoms with Crippen molar-refractivity contribution in [3.8, 4) is 5.88 Å². The summed E-state index contributed by atoms with van der Waals surface area (Å²) in [6.45, 7) is 5.79. The Morgan fingerprint density at radius 3 is 2.45 bits per heavy atom. The first-order valence-corrected chi connectivity index (χ1v) is 12.1. The van der Waals surface area contributed by atoms with E-state index in [9.17, 15) is 4.55 Å². The zero-order valence-electron chi connectivity index (χ0n) is 17.4. The van der Waals surface area contributed by atoms with Crippen molar-refractivity contribution in [2.75, 3.05) is 13.4 Å². The van der Waals surface area contributed by atoms with E-state index in [1.54, 1.807) is 7.11 Å². The van der Waals surface area contributed by atoms with Gasteiger partial charge >= 0.3 is 0 Å². The van der Waals surface area contributed by atoms with Crippen LogP contribution < -0.4 is 4.74 Å². The summed E-state index contributed by atoms with van der Waals surface area (Å²) >= 11 is 6.21. The monoisotopic (exact) mass is 451 g/mol. The largest absolute Gasteiger partial charge is 0.591 e. The van der Waals surface area contributed by atoms with Crippen molar-refractivity contribution < 1.29 is 9.29 Å². The molecule has 1 heterocycles. The molecule has 1 atom stereocenters. The van der Waals surface area contributed by atoms with Gasteiger partial charge in [-0.05, 0) is 52.0 Å². The predicted octanol–water partition coefficient (Wildman–Crippen LogP) is 5.23. The van der Waals surface area contributed by atoms with Crippen LogP contribution in [0.3, 0.4) is 0 Å². The van der Waals surface area contributed by atoms with Crippen LogP contribution in [0.5, 0.6) is 5.88 Å². The van der Waals surface area contributed by atoms with Crippen molar-refractivity contribution in [2.45, 2.75) is 55.4 Å². The minimum atomic E-state index is -1.36. The van der Waals surface area contributed by atoms with Crippen LogP contribution in [0.4, 0.5) is 0 Å². The first-order valence-electron chi connectivity index (χ1n) is 9.40. The first-order chi connectivity index (χ1) is 13.7. The normalized spacial score (nSPS) is 17.1. The number of hydrogen-bond donors (Lipinski definition) is 0. The molecule has 0 radical (unpaired) electrons. The summed E-state index contributed by atoms with van der Waals surface area (Å²) in [6, 6.07) is 9.46. The third-order valence-electron chi connectivity index (χ3n) is 4.87. The molecule has 1 saturated carbocycles. The molecule has 156 valence electrons. The lowest BCUT2D eigenvalue weighted by molar-refractivity contribution is 0.390. The summed E-state index contributed by atoms with van der Waals surface area (Å²) in [5.74, 6) is 0.564. The Balaban J connectivity index is 1.99. The molecule has 1 aromatic carbocycles. The van der Waals surface area contributed by atoms with Crippen LogP contribution in [0.1, 0.15) is 51.3 Å². The third-order valence-corrected chi connectivity index (χ3v) is 7.10. The van der Waals surface area contributed by atoms with Gasteiger partial charge in [0.25, 0.3) is 0 Å². The molecule has 0 spiro atoms. The number of thioether (sulfide) groups is 1. The van der Waals surface area contributed by atoms with Crippen molar-refractivity contribution in [3.05, 3.63) is 46.6 Å². The third kappa shape index (κ3) is 5.45. The Labute approximate surface area is 185 Å². The van der Waals surface area contributed by atoms with Crippen molar-refractivity contribution in [1.82, 2.24) is 9.97 Å². The van der Waals surface area contributed by atoms with Gasteiger partial charge in [0.15, 0.2) is 5.16 Å². The maximum absolute atomic E-state index is 12.8. The van der Waals surface area contributed by atoms with Crippen LogP contribution in [-0.2, 0) is 16.8 Å². The fourth-order valence-electron chi connectivity index (χ4n) is 2.93. The molecule has 0 N–H and O–H groups in total. The molecule has 0 bridgehead atoms. The van der Waals surface area contributed by atoms with Gasteiger partial charge in [-0.3, -0.25) is 0 Å². The molecule has 8 heteroatoms. The number of ether oxygens (including phenoxy) is 1. The highest BCUT2D eigenvalue weighted by atomic mass is 35.5. The summed E-state index contributed by atoms with van der Waals surface area (Å²) in [6.07, 6.45) is 4.60. The van der Waals surface area contributed by atoms with E-state index < -0.39 is 16.1 Å². The number of hydrogen-bond acceptors (Lipinski definition) is 6. The summed E-state index contributed by atoms with van der Waals surface area (Å²) < 4.78 is 22.4. The molecular formula is C21H26ClN3O2S2. The number of methoxy groups -OCH3 is 1. The van der Waals surface area contributed by atoms with Crippen molar-refractivity contribution >= 4 is 40.4 Å². The van der Waals surface area contributed by atoms with Gasteiger partial charge < -0.3 is 9.29 Å². The van der Waals surface area contributed by atoms with Gasteiger partial charge in [-0.15, -0.1) is 0 Å². The Morgan fingerprint density at radius 1 is 1.28 bits per heavy atom. The van der Waals surface area contributed by atoms with Gasteiger partial charge in [0, 0.05) is 28.5 Å². The van der Waals surface area contributed by atoms with E-state index in [1.165, 1.54) is 11.8 Å². The average molecular weight is 452 g/mol. The highest BCUT2D eigenvalue weighted by Crippen LogP contribution is 2.51. The van der Waals surface area contributed by atoms with E-state index in [2.05, 4.69) is 9.38 Å². The van der Waals surface area contributed by atoms with Crippen molar-refractivity contribution in [1.29, 1.82) is 0 Å². The fraction of sp³-hybridized carbons (Fsp3) is 0.476. The minimum absolute atomic E-state index is 0.138. The van der Waals surface area contributed by atoms with Crippen molar-refractivity contribution in [3.63, 3.8) is 0 Å². The number of benzene rings is 1. The lowest BCUT2D eigenvalue weighted by atomic mass is 9.92. The summed E-state index contributed by atoms with van der Waals surface area (Å²) in [4.78, 5) is 9.12. The summed E-state index contributed by atoms with van der Waals surface area (Å²) in [5.41, 5.74) is 2.57. The number of nitrogens with zero attached hydrogens (tertiary/aromatic N) is 3. The highest BCUT2D eigenvalue weighted by Gasteiger charge is 2.48. The van der Waals surface area contributed by atoms with Crippen LogP contribution in [0.2, 0.25) is 5.02 Å². The Bertz CT molecular complexity index is 872. The lowest BCUT2D eigenvalue weighted by Crippen LogP contribution is -2.28. The lowest BCUT2D eigenvalue weighted by Gasteiger charge is -2.21. The second-order valence-electron chi connectivity index (χ2n) is 8.15. The van der Waals surface area contributed by atoms with Crippen LogP contribution in [0, 0.1) is 0 Å². The van der Waals surface area contributed by atoms with E-state index in [0.717, 1.165) is 29.8 Å². The van der Waals surface area contributed by atoms with E-state index in [4.69, 9.17) is 21.3 Å². The molecule has 2 aromatic rings. The Hall–Kier alpha value is -1.28. The van der Waals surface area contributed by atoms with Crippen LogP contribution >= 0.6 is 23.4 Å². The number of aromatic nitrogens is 2. The van der Waals surface area contributed by atoms with Crippen LogP contribution in [-0.4, -0.2) is 38.3 Å². The van der Waals surface area contributed by atoms with Gasteiger partial charge in [0.2, 0.25) is 5.88 Å².